The Kier molecular flexibility index (Phi) is 3.97. The van der Waals surface area contributed by atoms with Crippen molar-refractivity contribution in [1.29, 1.82) is 0 Å². The van der Waals surface area contributed by atoms with Gasteiger partial charge in [0.15, 0.2) is 5.82 Å². The lowest BCUT2D eigenvalue weighted by Gasteiger charge is -2.28. The molecule has 0 amide bonds. The Balaban J connectivity index is 2.08. The maximum atomic E-state index is 12.5. The number of nitrogens with one attached hydrogen (secondary N) is 1. The van der Waals surface area contributed by atoms with Crippen molar-refractivity contribution >= 4 is 22.5 Å². The topological polar surface area (TPSA) is 55.9 Å². The molecule has 3 N–H and O–H groups in total. The maximum Gasteiger partial charge on any atom is 0.261 e. The van der Waals surface area contributed by atoms with Crippen molar-refractivity contribution in [3.05, 3.63) is 39.4 Å². The molecule has 112 valence electrons. The van der Waals surface area contributed by atoms with Crippen molar-refractivity contribution in [1.82, 2.24) is 9.55 Å². The molecule has 1 aromatic carbocycles. The van der Waals surface area contributed by atoms with Crippen molar-refractivity contribution in [2.24, 2.45) is 7.05 Å². The van der Waals surface area contributed by atoms with Crippen LogP contribution >= 0.6 is 11.6 Å². The summed E-state index contributed by atoms with van der Waals surface area (Å²) in [5, 5.41) is 3.49. The molecular weight excluding hydrogens is 288 g/mol. The largest absolute Gasteiger partial charge is 0.337 e. The van der Waals surface area contributed by atoms with Crippen LogP contribution in [-0.2, 0) is 7.05 Å². The predicted octanol–water partition coefficient (Wildman–Crippen LogP) is -0.890. The number of aromatic nitrogens is 2. The zero-order chi connectivity index (χ0) is 15.0. The van der Waals surface area contributed by atoms with E-state index in [2.05, 4.69) is 12.2 Å². The summed E-state index contributed by atoms with van der Waals surface area (Å²) in [7, 11) is 1.80. The first-order chi connectivity index (χ1) is 10.1. The summed E-state index contributed by atoms with van der Waals surface area (Å²) < 4.78 is 1.68. The Bertz CT molecular complexity index is 721. The van der Waals surface area contributed by atoms with E-state index in [1.165, 1.54) is 4.90 Å². The fourth-order valence-electron chi connectivity index (χ4n) is 3.11. The van der Waals surface area contributed by atoms with Gasteiger partial charge in [0.25, 0.3) is 5.56 Å². The standard InChI is InChI=1S/C15H19ClN4O/c1-10(20-7-5-17-6-8-20)14-18-13-4-3-11(16)9-12(13)15(21)19(14)2/h3-4,9-10,17H,5-8H2,1-2H3/p+2/t10-/m0/s1. The van der Waals surface area contributed by atoms with Gasteiger partial charge in [-0.05, 0) is 25.1 Å². The van der Waals surface area contributed by atoms with Crippen LogP contribution < -0.4 is 15.8 Å². The van der Waals surface area contributed by atoms with E-state index in [4.69, 9.17) is 16.6 Å². The smallest absolute Gasteiger partial charge is 0.261 e. The van der Waals surface area contributed by atoms with Crippen LogP contribution in [0.25, 0.3) is 10.9 Å². The molecule has 5 nitrogen and oxygen atoms in total. The van der Waals surface area contributed by atoms with Gasteiger partial charge in [0.05, 0.1) is 10.9 Å². The Morgan fingerprint density at radius 1 is 1.38 bits per heavy atom. The van der Waals surface area contributed by atoms with E-state index in [0.29, 0.717) is 10.4 Å². The highest BCUT2D eigenvalue weighted by Crippen LogP contribution is 2.16. The molecule has 1 atom stereocenters. The third-order valence-electron chi connectivity index (χ3n) is 4.41. The normalized spacial score (nSPS) is 18.0. The molecule has 1 aromatic heterocycles. The van der Waals surface area contributed by atoms with Crippen LogP contribution in [0.2, 0.25) is 5.02 Å². The molecule has 2 heterocycles. The van der Waals surface area contributed by atoms with E-state index in [-0.39, 0.29) is 11.6 Å². The molecule has 1 saturated heterocycles. The van der Waals surface area contributed by atoms with Crippen LogP contribution in [0.4, 0.5) is 0 Å². The molecular formula is C15H21ClN4O+2. The summed E-state index contributed by atoms with van der Waals surface area (Å²) in [6, 6.07) is 5.53. The van der Waals surface area contributed by atoms with Crippen LogP contribution in [-0.4, -0.2) is 35.7 Å². The zero-order valence-corrected chi connectivity index (χ0v) is 13.2. The quantitative estimate of drug-likeness (QED) is 0.756. The number of nitrogens with two attached hydrogens (primary N) is 1. The van der Waals surface area contributed by atoms with Gasteiger partial charge in [0, 0.05) is 12.1 Å². The summed E-state index contributed by atoms with van der Waals surface area (Å²) in [6.45, 7) is 6.64. The molecule has 2 aromatic rings. The van der Waals surface area contributed by atoms with E-state index in [0.717, 1.165) is 37.5 Å². The van der Waals surface area contributed by atoms with Gasteiger partial charge in [0.2, 0.25) is 0 Å². The lowest BCUT2D eigenvalue weighted by atomic mass is 10.2. The first-order valence-corrected chi connectivity index (χ1v) is 7.78. The monoisotopic (exact) mass is 308 g/mol. The molecule has 3 rings (SSSR count). The second kappa shape index (κ2) is 5.75. The second-order valence-electron chi connectivity index (χ2n) is 5.74. The van der Waals surface area contributed by atoms with Crippen LogP contribution in [0.5, 0.6) is 0 Å². The van der Waals surface area contributed by atoms with Gasteiger partial charge in [-0.1, -0.05) is 11.6 Å². The number of nitrogens with zero attached hydrogens (tertiary/aromatic N) is 2. The minimum Gasteiger partial charge on any atom is -0.337 e. The number of halogens is 1. The number of hydrogen-bond acceptors (Lipinski definition) is 2. The number of quaternary nitrogens is 2. The summed E-state index contributed by atoms with van der Waals surface area (Å²) in [4.78, 5) is 18.8. The van der Waals surface area contributed by atoms with Crippen LogP contribution in [0.15, 0.2) is 23.0 Å². The highest BCUT2D eigenvalue weighted by atomic mass is 35.5. The molecule has 0 spiro atoms. The van der Waals surface area contributed by atoms with Gasteiger partial charge < -0.3 is 10.2 Å². The molecule has 1 fully saturated rings. The summed E-state index contributed by atoms with van der Waals surface area (Å²) in [5.41, 5.74) is 0.708. The summed E-state index contributed by atoms with van der Waals surface area (Å²) >= 11 is 5.98. The molecule has 0 saturated carbocycles. The number of hydrogen-bond donors (Lipinski definition) is 2. The average molecular weight is 309 g/mol. The molecule has 0 radical (unpaired) electrons. The molecule has 0 unspecified atom stereocenters. The maximum absolute atomic E-state index is 12.5. The van der Waals surface area contributed by atoms with Crippen LogP contribution in [0.3, 0.4) is 0 Å². The average Bonchev–Trinajstić information content (AvgIpc) is 2.51. The Morgan fingerprint density at radius 3 is 2.81 bits per heavy atom. The van der Waals surface area contributed by atoms with Crippen LogP contribution in [0, 0.1) is 0 Å². The van der Waals surface area contributed by atoms with Gasteiger partial charge in [0.1, 0.15) is 32.2 Å². The Labute approximate surface area is 128 Å². The number of piperazine rings is 1. The van der Waals surface area contributed by atoms with Gasteiger partial charge in [-0.25, -0.2) is 4.98 Å². The molecule has 1 aliphatic heterocycles. The van der Waals surface area contributed by atoms with Crippen molar-refractivity contribution in [2.75, 3.05) is 26.2 Å². The second-order valence-corrected chi connectivity index (χ2v) is 6.18. The Hall–Kier alpha value is -1.43. The fraction of sp³-hybridized carbons (Fsp3) is 0.467. The fourth-order valence-corrected chi connectivity index (χ4v) is 3.28. The highest BCUT2D eigenvalue weighted by molar-refractivity contribution is 6.31. The zero-order valence-electron chi connectivity index (χ0n) is 12.4. The number of fused-ring (bicyclic) bond motifs is 1. The lowest BCUT2D eigenvalue weighted by Crippen LogP contribution is -3.20. The minimum absolute atomic E-state index is 0.0210. The van der Waals surface area contributed by atoms with Crippen molar-refractivity contribution < 1.29 is 10.2 Å². The molecule has 21 heavy (non-hydrogen) atoms. The highest BCUT2D eigenvalue weighted by Gasteiger charge is 2.27. The van der Waals surface area contributed by atoms with Crippen molar-refractivity contribution in [3.63, 3.8) is 0 Å². The van der Waals surface area contributed by atoms with E-state index in [1.807, 2.05) is 6.07 Å². The third-order valence-corrected chi connectivity index (χ3v) is 4.65. The SMILES string of the molecule is C[C@@H](c1nc2ccc(Cl)cc2c(=O)n1C)[NH+]1CC[NH2+]CC1. The van der Waals surface area contributed by atoms with Gasteiger partial charge >= 0.3 is 0 Å². The van der Waals surface area contributed by atoms with Crippen LogP contribution in [0.1, 0.15) is 18.8 Å². The van der Waals surface area contributed by atoms with Crippen molar-refractivity contribution in [3.8, 4) is 0 Å². The molecule has 6 heteroatoms. The van der Waals surface area contributed by atoms with E-state index >= 15 is 0 Å². The van der Waals surface area contributed by atoms with Crippen molar-refractivity contribution in [2.45, 2.75) is 13.0 Å². The predicted molar refractivity (Wildman–Crippen MR) is 82.8 cm³/mol. The lowest BCUT2D eigenvalue weighted by molar-refractivity contribution is -0.971. The first kappa shape index (κ1) is 14.5. The molecule has 0 aliphatic carbocycles. The van der Waals surface area contributed by atoms with E-state index in [9.17, 15) is 4.79 Å². The van der Waals surface area contributed by atoms with E-state index < -0.39 is 0 Å². The van der Waals surface area contributed by atoms with Gasteiger partial charge in [-0.2, -0.15) is 0 Å². The minimum atomic E-state index is -0.0210. The first-order valence-electron chi connectivity index (χ1n) is 7.40. The molecule has 0 bridgehead atoms. The van der Waals surface area contributed by atoms with Gasteiger partial charge in [-0.3, -0.25) is 9.36 Å². The summed E-state index contributed by atoms with van der Waals surface area (Å²) in [5.74, 6) is 0.853. The molecule has 1 aliphatic rings. The summed E-state index contributed by atoms with van der Waals surface area (Å²) in [6.07, 6.45) is 0. The third kappa shape index (κ3) is 2.69. The Morgan fingerprint density at radius 2 is 2.10 bits per heavy atom. The number of rotatable bonds is 2. The van der Waals surface area contributed by atoms with Gasteiger partial charge in [-0.15, -0.1) is 0 Å². The van der Waals surface area contributed by atoms with E-state index in [1.54, 1.807) is 23.7 Å². The number of benzene rings is 1.